The molecule has 6 heteroatoms. The van der Waals surface area contributed by atoms with Gasteiger partial charge in [0.05, 0.1) is 6.07 Å². The summed E-state index contributed by atoms with van der Waals surface area (Å²) in [6.07, 6.45) is 5.06. The van der Waals surface area contributed by atoms with E-state index in [4.69, 9.17) is 5.26 Å². The fourth-order valence-electron chi connectivity index (χ4n) is 2.60. The Hall–Kier alpha value is -2.13. The van der Waals surface area contributed by atoms with Gasteiger partial charge in [-0.25, -0.2) is 0 Å². The van der Waals surface area contributed by atoms with Crippen LogP contribution in [0, 0.1) is 17.2 Å². The second-order valence-electron chi connectivity index (χ2n) is 5.79. The van der Waals surface area contributed by atoms with Crippen LogP contribution < -0.4 is 5.32 Å². The average Bonchev–Trinajstić information content (AvgIpc) is 2.60. The van der Waals surface area contributed by atoms with E-state index < -0.39 is 0 Å². The van der Waals surface area contributed by atoms with Crippen molar-refractivity contribution in [2.75, 3.05) is 19.6 Å². The lowest BCUT2D eigenvalue weighted by Crippen LogP contribution is -2.40. The molecule has 1 fully saturated rings. The highest BCUT2D eigenvalue weighted by Gasteiger charge is 2.21. The van der Waals surface area contributed by atoms with Crippen molar-refractivity contribution in [3.63, 3.8) is 0 Å². The third-order valence-corrected chi connectivity index (χ3v) is 4.57. The van der Waals surface area contributed by atoms with Gasteiger partial charge in [0.25, 0.3) is 0 Å². The molecule has 0 aliphatic carbocycles. The van der Waals surface area contributed by atoms with Crippen LogP contribution in [0.15, 0.2) is 34.8 Å². The largest absolute Gasteiger partial charge is 0.355 e. The molecule has 0 unspecified atom stereocenters. The molecular formula is C18H20BrN3O2. The van der Waals surface area contributed by atoms with Crippen LogP contribution in [0.3, 0.4) is 0 Å². The van der Waals surface area contributed by atoms with E-state index in [2.05, 4.69) is 21.2 Å². The molecule has 1 aromatic carbocycles. The number of carbonyl (C=O) groups excluding carboxylic acids is 2. The number of piperidine rings is 1. The van der Waals surface area contributed by atoms with E-state index in [1.54, 1.807) is 6.08 Å². The van der Waals surface area contributed by atoms with Crippen LogP contribution in [0.4, 0.5) is 0 Å². The second kappa shape index (κ2) is 9.24. The summed E-state index contributed by atoms with van der Waals surface area (Å²) in [5.74, 6) is 0.158. The summed E-state index contributed by atoms with van der Waals surface area (Å²) in [6.45, 7) is 1.97. The molecule has 1 aromatic rings. The highest BCUT2D eigenvalue weighted by Crippen LogP contribution is 2.17. The molecule has 0 atom stereocenters. The number of hydrogen-bond acceptors (Lipinski definition) is 3. The zero-order valence-electron chi connectivity index (χ0n) is 13.4. The molecule has 0 saturated carbocycles. The van der Waals surface area contributed by atoms with Crippen molar-refractivity contribution >= 4 is 33.8 Å². The molecule has 24 heavy (non-hydrogen) atoms. The third-order valence-electron chi connectivity index (χ3n) is 4.04. The van der Waals surface area contributed by atoms with Crippen molar-refractivity contribution in [1.82, 2.24) is 10.2 Å². The summed E-state index contributed by atoms with van der Waals surface area (Å²) in [5, 5.41) is 11.2. The standard InChI is InChI=1S/C18H20BrN3O2/c19-16-4-1-14(2-5-16)3-6-18(24)22-11-8-15(9-12-22)13-21-17(23)7-10-20/h1-6,15H,7-9,11-13H2,(H,21,23)/b6-3+. The fraction of sp³-hybridized carbons (Fsp3) is 0.389. The number of benzene rings is 1. The number of nitrogens with one attached hydrogen (secondary N) is 1. The Balaban J connectivity index is 1.75. The summed E-state index contributed by atoms with van der Waals surface area (Å²) in [7, 11) is 0. The maximum atomic E-state index is 12.2. The SMILES string of the molecule is N#CCC(=O)NCC1CCN(C(=O)/C=C/c2ccc(Br)cc2)CC1. The van der Waals surface area contributed by atoms with E-state index in [0.717, 1.165) is 22.9 Å². The van der Waals surface area contributed by atoms with Gasteiger partial charge in [-0.2, -0.15) is 5.26 Å². The molecule has 1 aliphatic heterocycles. The number of nitriles is 1. The first-order valence-electron chi connectivity index (χ1n) is 7.94. The van der Waals surface area contributed by atoms with Crippen molar-refractivity contribution in [2.45, 2.75) is 19.3 Å². The minimum absolute atomic E-state index is 0.0184. The average molecular weight is 390 g/mol. The number of carbonyl (C=O) groups is 2. The molecule has 126 valence electrons. The van der Waals surface area contributed by atoms with Gasteiger partial charge in [0.2, 0.25) is 11.8 Å². The zero-order valence-corrected chi connectivity index (χ0v) is 15.0. The summed E-state index contributed by atoms with van der Waals surface area (Å²) in [6, 6.07) is 9.61. The first kappa shape index (κ1) is 18.2. The lowest BCUT2D eigenvalue weighted by molar-refractivity contribution is -0.127. The fourth-order valence-corrected chi connectivity index (χ4v) is 2.86. The molecule has 0 spiro atoms. The van der Waals surface area contributed by atoms with Crippen molar-refractivity contribution in [1.29, 1.82) is 5.26 Å². The van der Waals surface area contributed by atoms with Gasteiger partial charge in [-0.3, -0.25) is 9.59 Å². The monoisotopic (exact) mass is 389 g/mol. The van der Waals surface area contributed by atoms with Gasteiger partial charge < -0.3 is 10.2 Å². The predicted molar refractivity (Wildman–Crippen MR) is 95.7 cm³/mol. The molecule has 1 aliphatic rings. The maximum absolute atomic E-state index is 12.2. The van der Waals surface area contributed by atoms with Crippen LogP contribution in [-0.4, -0.2) is 36.3 Å². The van der Waals surface area contributed by atoms with E-state index >= 15 is 0 Å². The summed E-state index contributed by atoms with van der Waals surface area (Å²) < 4.78 is 1.01. The van der Waals surface area contributed by atoms with Gasteiger partial charge in [-0.15, -0.1) is 0 Å². The molecular weight excluding hydrogens is 370 g/mol. The zero-order chi connectivity index (χ0) is 17.4. The first-order valence-corrected chi connectivity index (χ1v) is 8.74. The predicted octanol–water partition coefficient (Wildman–Crippen LogP) is 2.73. The Morgan fingerprint density at radius 2 is 1.96 bits per heavy atom. The first-order chi connectivity index (χ1) is 11.6. The Kier molecular flexibility index (Phi) is 7.01. The molecule has 0 bridgehead atoms. The van der Waals surface area contributed by atoms with E-state index in [1.807, 2.05) is 41.3 Å². The van der Waals surface area contributed by atoms with Crippen LogP contribution in [0.25, 0.3) is 6.08 Å². The van der Waals surface area contributed by atoms with Crippen molar-refractivity contribution in [3.05, 3.63) is 40.4 Å². The molecule has 1 saturated heterocycles. The molecule has 2 amide bonds. The topological polar surface area (TPSA) is 73.2 Å². The molecule has 1 N–H and O–H groups in total. The van der Waals surface area contributed by atoms with Crippen molar-refractivity contribution < 1.29 is 9.59 Å². The van der Waals surface area contributed by atoms with Gasteiger partial charge in [0.1, 0.15) is 6.42 Å². The summed E-state index contributed by atoms with van der Waals surface area (Å²) >= 11 is 3.38. The molecule has 2 rings (SSSR count). The molecule has 0 aromatic heterocycles. The number of rotatable bonds is 5. The normalized spacial score (nSPS) is 15.2. The van der Waals surface area contributed by atoms with Gasteiger partial charge in [0.15, 0.2) is 0 Å². The van der Waals surface area contributed by atoms with E-state index in [9.17, 15) is 9.59 Å². The summed E-state index contributed by atoms with van der Waals surface area (Å²) in [4.78, 5) is 25.3. The summed E-state index contributed by atoms with van der Waals surface area (Å²) in [5.41, 5.74) is 0.988. The highest BCUT2D eigenvalue weighted by molar-refractivity contribution is 9.10. The number of amides is 2. The number of likely N-dealkylation sites (tertiary alicyclic amines) is 1. The van der Waals surface area contributed by atoms with Crippen LogP contribution in [-0.2, 0) is 9.59 Å². The quantitative estimate of drug-likeness (QED) is 0.786. The maximum Gasteiger partial charge on any atom is 0.246 e. The second-order valence-corrected chi connectivity index (χ2v) is 6.71. The van der Waals surface area contributed by atoms with Gasteiger partial charge in [-0.05, 0) is 42.5 Å². The van der Waals surface area contributed by atoms with Gasteiger partial charge >= 0.3 is 0 Å². The van der Waals surface area contributed by atoms with Crippen LogP contribution in [0.5, 0.6) is 0 Å². The molecule has 0 radical (unpaired) electrons. The highest BCUT2D eigenvalue weighted by atomic mass is 79.9. The Morgan fingerprint density at radius 1 is 1.29 bits per heavy atom. The molecule has 5 nitrogen and oxygen atoms in total. The molecule has 1 heterocycles. The van der Waals surface area contributed by atoms with E-state index in [-0.39, 0.29) is 18.2 Å². The Bertz CT molecular complexity index is 641. The number of halogens is 1. The van der Waals surface area contributed by atoms with Gasteiger partial charge in [0, 0.05) is 30.2 Å². The van der Waals surface area contributed by atoms with E-state index in [0.29, 0.717) is 25.6 Å². The van der Waals surface area contributed by atoms with E-state index in [1.165, 1.54) is 0 Å². The van der Waals surface area contributed by atoms with Crippen molar-refractivity contribution in [2.24, 2.45) is 5.92 Å². The van der Waals surface area contributed by atoms with Crippen LogP contribution >= 0.6 is 15.9 Å². The Labute approximate surface area is 150 Å². The van der Waals surface area contributed by atoms with Crippen LogP contribution in [0.2, 0.25) is 0 Å². The smallest absolute Gasteiger partial charge is 0.246 e. The third kappa shape index (κ3) is 5.82. The number of hydrogen-bond donors (Lipinski definition) is 1. The minimum atomic E-state index is -0.228. The minimum Gasteiger partial charge on any atom is -0.355 e. The lowest BCUT2D eigenvalue weighted by atomic mass is 9.96. The Morgan fingerprint density at radius 3 is 2.58 bits per heavy atom. The van der Waals surface area contributed by atoms with Gasteiger partial charge in [-0.1, -0.05) is 28.1 Å². The number of nitrogens with zero attached hydrogens (tertiary/aromatic N) is 2. The lowest BCUT2D eigenvalue weighted by Gasteiger charge is -2.31. The van der Waals surface area contributed by atoms with Crippen molar-refractivity contribution in [3.8, 4) is 6.07 Å². The van der Waals surface area contributed by atoms with Crippen LogP contribution in [0.1, 0.15) is 24.8 Å².